The van der Waals surface area contributed by atoms with Crippen LogP contribution in [0.3, 0.4) is 0 Å². The first-order valence-corrected chi connectivity index (χ1v) is 10.4. The minimum Gasteiger partial charge on any atom is -0.494 e. The number of aromatic amines is 1. The van der Waals surface area contributed by atoms with Crippen LogP contribution in [-0.2, 0) is 11.3 Å². The zero-order valence-electron chi connectivity index (χ0n) is 17.5. The maximum absolute atomic E-state index is 12.5. The molecule has 0 fully saturated rings. The lowest BCUT2D eigenvalue weighted by Gasteiger charge is -2.11. The van der Waals surface area contributed by atoms with Crippen LogP contribution >= 0.6 is 0 Å². The number of H-pyrrole nitrogens is 1. The van der Waals surface area contributed by atoms with Gasteiger partial charge >= 0.3 is 6.09 Å². The van der Waals surface area contributed by atoms with E-state index < -0.39 is 6.09 Å². The van der Waals surface area contributed by atoms with Crippen molar-refractivity contribution in [3.63, 3.8) is 0 Å². The second-order valence-corrected chi connectivity index (χ2v) is 7.24. The maximum atomic E-state index is 12.5. The quantitative estimate of drug-likeness (QED) is 0.455. The van der Waals surface area contributed by atoms with Gasteiger partial charge in [0.05, 0.1) is 12.3 Å². The second kappa shape index (κ2) is 10.5. The average molecular weight is 408 g/mol. The van der Waals surface area contributed by atoms with Crippen LogP contribution in [0.25, 0.3) is 10.9 Å². The average Bonchev–Trinajstić information content (AvgIpc) is 2.76. The molecule has 0 bridgehead atoms. The van der Waals surface area contributed by atoms with Crippen LogP contribution in [0.2, 0.25) is 0 Å². The summed E-state index contributed by atoms with van der Waals surface area (Å²) in [5.74, 6) is 0.773. The number of fused-ring (bicyclic) bond motifs is 1. The highest BCUT2D eigenvalue weighted by Gasteiger charge is 2.10. The van der Waals surface area contributed by atoms with Gasteiger partial charge in [0.15, 0.2) is 5.43 Å². The van der Waals surface area contributed by atoms with E-state index in [1.54, 1.807) is 25.1 Å². The van der Waals surface area contributed by atoms with Crippen molar-refractivity contribution in [3.8, 4) is 5.75 Å². The van der Waals surface area contributed by atoms with Crippen molar-refractivity contribution in [2.45, 2.75) is 46.1 Å². The third-order valence-electron chi connectivity index (χ3n) is 4.97. The molecule has 158 valence electrons. The number of para-hydroxylation sites is 1. The van der Waals surface area contributed by atoms with Crippen molar-refractivity contribution in [2.24, 2.45) is 0 Å². The minimum atomic E-state index is -0.586. The Bertz CT molecular complexity index is 1040. The van der Waals surface area contributed by atoms with Crippen molar-refractivity contribution in [3.05, 3.63) is 70.0 Å². The lowest BCUT2D eigenvalue weighted by Crippen LogP contribution is -2.17. The highest BCUT2D eigenvalue weighted by atomic mass is 16.5. The van der Waals surface area contributed by atoms with Crippen molar-refractivity contribution >= 4 is 22.7 Å². The first-order valence-electron chi connectivity index (χ1n) is 10.4. The fraction of sp³-hybridized carbons (Fsp3) is 0.333. The van der Waals surface area contributed by atoms with Crippen LogP contribution in [0.5, 0.6) is 5.75 Å². The Morgan fingerprint density at radius 2 is 1.80 bits per heavy atom. The summed E-state index contributed by atoms with van der Waals surface area (Å²) in [5.41, 5.74) is 2.40. The molecule has 3 rings (SSSR count). The highest BCUT2D eigenvalue weighted by Crippen LogP contribution is 2.17. The molecule has 0 aliphatic heterocycles. The predicted molar refractivity (Wildman–Crippen MR) is 119 cm³/mol. The van der Waals surface area contributed by atoms with Gasteiger partial charge in [0, 0.05) is 22.2 Å². The van der Waals surface area contributed by atoms with E-state index in [0.29, 0.717) is 28.9 Å². The minimum absolute atomic E-state index is 0.0172. The number of hydrogen-bond acceptors (Lipinski definition) is 4. The molecule has 1 aromatic heterocycles. The first-order chi connectivity index (χ1) is 14.6. The number of hydrogen-bond donors (Lipinski definition) is 2. The number of carbonyl (C=O) groups excluding carboxylic acids is 1. The van der Waals surface area contributed by atoms with Crippen LogP contribution in [0.15, 0.2) is 53.3 Å². The molecule has 0 aliphatic rings. The van der Waals surface area contributed by atoms with E-state index >= 15 is 0 Å². The molecule has 1 amide bonds. The summed E-state index contributed by atoms with van der Waals surface area (Å²) in [7, 11) is 0. The number of anilines is 1. The number of carbonyl (C=O) groups is 1. The van der Waals surface area contributed by atoms with E-state index in [1.165, 1.54) is 19.3 Å². The topological polar surface area (TPSA) is 80.4 Å². The van der Waals surface area contributed by atoms with E-state index in [4.69, 9.17) is 9.47 Å². The van der Waals surface area contributed by atoms with E-state index in [9.17, 15) is 9.59 Å². The Labute approximate surface area is 176 Å². The SMILES string of the molecule is CCCCCCOc1ccc(NC(=O)OCc2[nH]c3ccccc3c(=O)c2C)cc1. The number of ether oxygens (including phenoxy) is 2. The molecular formula is C24H28N2O4. The zero-order chi connectivity index (χ0) is 21.3. The summed E-state index contributed by atoms with van der Waals surface area (Å²) in [6.45, 7) is 4.58. The Hall–Kier alpha value is -3.28. The molecular weight excluding hydrogens is 380 g/mol. The largest absolute Gasteiger partial charge is 0.494 e. The molecule has 0 saturated heterocycles. The van der Waals surface area contributed by atoms with E-state index in [2.05, 4.69) is 17.2 Å². The molecule has 6 nitrogen and oxygen atoms in total. The summed E-state index contributed by atoms with van der Waals surface area (Å²) in [6, 6.07) is 14.5. The maximum Gasteiger partial charge on any atom is 0.412 e. The van der Waals surface area contributed by atoms with Gasteiger partial charge < -0.3 is 14.5 Å². The summed E-state index contributed by atoms with van der Waals surface area (Å²) in [4.78, 5) is 27.8. The van der Waals surface area contributed by atoms with E-state index in [-0.39, 0.29) is 12.0 Å². The fourth-order valence-electron chi connectivity index (χ4n) is 3.17. The number of nitrogens with one attached hydrogen (secondary N) is 2. The number of pyridine rings is 1. The van der Waals surface area contributed by atoms with Crippen LogP contribution in [0.1, 0.15) is 43.9 Å². The second-order valence-electron chi connectivity index (χ2n) is 7.24. The summed E-state index contributed by atoms with van der Waals surface area (Å²) in [6.07, 6.45) is 4.05. The lowest BCUT2D eigenvalue weighted by molar-refractivity contribution is 0.153. The molecule has 30 heavy (non-hydrogen) atoms. The highest BCUT2D eigenvalue weighted by molar-refractivity contribution is 5.84. The molecule has 0 saturated carbocycles. The van der Waals surface area contributed by atoms with Gasteiger partial charge in [0.1, 0.15) is 12.4 Å². The lowest BCUT2D eigenvalue weighted by atomic mass is 10.1. The van der Waals surface area contributed by atoms with Gasteiger partial charge in [-0.05, 0) is 49.7 Å². The molecule has 0 aliphatic carbocycles. The molecule has 2 aromatic carbocycles. The third-order valence-corrected chi connectivity index (χ3v) is 4.97. The first kappa shape index (κ1) is 21.4. The Kier molecular flexibility index (Phi) is 7.49. The van der Waals surface area contributed by atoms with Crippen molar-refractivity contribution < 1.29 is 14.3 Å². The van der Waals surface area contributed by atoms with E-state index in [1.807, 2.05) is 30.3 Å². The molecule has 6 heteroatoms. The molecule has 0 atom stereocenters. The number of rotatable bonds is 9. The molecule has 2 N–H and O–H groups in total. The number of unbranched alkanes of at least 4 members (excludes halogenated alkanes) is 3. The van der Waals surface area contributed by atoms with Crippen molar-refractivity contribution in [1.82, 2.24) is 4.98 Å². The van der Waals surface area contributed by atoms with E-state index in [0.717, 1.165) is 17.7 Å². The van der Waals surface area contributed by atoms with Gasteiger partial charge in [-0.1, -0.05) is 38.3 Å². The van der Waals surface area contributed by atoms with Gasteiger partial charge in [-0.25, -0.2) is 4.79 Å². The summed E-state index contributed by atoms with van der Waals surface area (Å²) >= 11 is 0. The van der Waals surface area contributed by atoms with Crippen molar-refractivity contribution in [1.29, 1.82) is 0 Å². The number of aromatic nitrogens is 1. The molecule has 1 heterocycles. The Morgan fingerprint density at radius 1 is 1.03 bits per heavy atom. The fourth-order valence-corrected chi connectivity index (χ4v) is 3.17. The standard InChI is InChI=1S/C24H28N2O4/c1-3-4-5-8-15-29-19-13-11-18(12-14-19)25-24(28)30-16-22-17(2)23(27)20-9-6-7-10-21(20)26-22/h6-7,9-14H,3-5,8,15-16H2,1-2H3,(H,25,28)(H,26,27). The van der Waals surface area contributed by atoms with Gasteiger partial charge in [0.25, 0.3) is 0 Å². The molecule has 0 spiro atoms. The predicted octanol–water partition coefficient (Wildman–Crippen LogP) is 5.54. The Morgan fingerprint density at radius 3 is 2.57 bits per heavy atom. The molecule has 0 radical (unpaired) electrons. The monoisotopic (exact) mass is 408 g/mol. The molecule has 0 unspecified atom stereocenters. The third kappa shape index (κ3) is 5.63. The van der Waals surface area contributed by atoms with Gasteiger partial charge in [-0.2, -0.15) is 0 Å². The van der Waals surface area contributed by atoms with Crippen LogP contribution in [-0.4, -0.2) is 17.7 Å². The van der Waals surface area contributed by atoms with Crippen LogP contribution < -0.4 is 15.5 Å². The van der Waals surface area contributed by atoms with Gasteiger partial charge in [-0.3, -0.25) is 10.1 Å². The summed E-state index contributed by atoms with van der Waals surface area (Å²) < 4.78 is 11.0. The zero-order valence-corrected chi connectivity index (χ0v) is 17.5. The number of benzene rings is 2. The molecule has 3 aromatic rings. The normalized spacial score (nSPS) is 10.7. The summed E-state index contributed by atoms with van der Waals surface area (Å²) in [5, 5.41) is 3.31. The van der Waals surface area contributed by atoms with Crippen LogP contribution in [0.4, 0.5) is 10.5 Å². The van der Waals surface area contributed by atoms with Gasteiger partial charge in [0.2, 0.25) is 0 Å². The van der Waals surface area contributed by atoms with Crippen molar-refractivity contribution in [2.75, 3.05) is 11.9 Å². The smallest absolute Gasteiger partial charge is 0.412 e. The van der Waals surface area contributed by atoms with Gasteiger partial charge in [-0.15, -0.1) is 0 Å². The van der Waals surface area contributed by atoms with Crippen LogP contribution in [0, 0.1) is 6.92 Å². The number of amides is 1. The Balaban J connectivity index is 1.52.